The highest BCUT2D eigenvalue weighted by Gasteiger charge is 2.41. The maximum Gasteiger partial charge on any atom is 0.247 e. The van der Waals surface area contributed by atoms with Crippen molar-refractivity contribution < 1.29 is 23.9 Å². The summed E-state index contributed by atoms with van der Waals surface area (Å²) in [5.74, 6) is 0.540. The first-order chi connectivity index (χ1) is 22.7. The molecule has 47 heavy (non-hydrogen) atoms. The number of anilines is 1. The Morgan fingerprint density at radius 2 is 1.74 bits per heavy atom. The molecule has 2 aliphatic carbocycles. The molecule has 2 saturated carbocycles. The predicted octanol–water partition coefficient (Wildman–Crippen LogP) is 5.33. The second kappa shape index (κ2) is 14.7. The first-order valence-electron chi connectivity index (χ1n) is 15.7. The number of carbonyl (C=O) groups is 3. The molecule has 3 aromatic rings. The van der Waals surface area contributed by atoms with E-state index >= 15 is 0 Å². The van der Waals surface area contributed by atoms with E-state index in [0.29, 0.717) is 52.0 Å². The van der Waals surface area contributed by atoms with Crippen LogP contribution in [0.4, 0.5) is 5.69 Å². The van der Waals surface area contributed by atoms with Crippen LogP contribution in [0.25, 0.3) is 0 Å². The molecule has 0 spiro atoms. The number of aryl methyl sites for hydroxylation is 1. The summed E-state index contributed by atoms with van der Waals surface area (Å²) in [5.41, 5.74) is 3.14. The minimum atomic E-state index is -0.761. The Hall–Kier alpha value is -3.57. The summed E-state index contributed by atoms with van der Waals surface area (Å²) in [6.07, 6.45) is 5.18. The minimum Gasteiger partial charge on any atom is -0.487 e. The number of nitrogens with zero attached hydrogens (tertiary/aromatic N) is 3. The number of rotatable bonds is 13. The average Bonchev–Trinajstić information content (AvgIpc) is 3.97. The molecular formula is C34H36Cl3N5O5. The van der Waals surface area contributed by atoms with Gasteiger partial charge in [-0.05, 0) is 73.6 Å². The number of pyridine rings is 1. The summed E-state index contributed by atoms with van der Waals surface area (Å²) >= 11 is 19.1. The first-order valence-corrected chi connectivity index (χ1v) is 16.9. The predicted molar refractivity (Wildman–Crippen MR) is 180 cm³/mol. The third-order valence-electron chi connectivity index (χ3n) is 8.34. The summed E-state index contributed by atoms with van der Waals surface area (Å²) in [6.45, 7) is 3.39. The van der Waals surface area contributed by atoms with Crippen LogP contribution in [0.5, 0.6) is 11.6 Å². The van der Waals surface area contributed by atoms with Crippen molar-refractivity contribution in [3.05, 3.63) is 80.4 Å². The van der Waals surface area contributed by atoms with E-state index in [2.05, 4.69) is 15.6 Å². The van der Waals surface area contributed by atoms with Crippen LogP contribution in [0.2, 0.25) is 15.1 Å². The van der Waals surface area contributed by atoms with E-state index in [1.54, 1.807) is 30.3 Å². The molecular weight excluding hydrogens is 665 g/mol. The average molecular weight is 701 g/mol. The molecule has 1 saturated heterocycles. The van der Waals surface area contributed by atoms with Crippen molar-refractivity contribution in [2.75, 3.05) is 31.2 Å². The van der Waals surface area contributed by atoms with Crippen LogP contribution in [0.1, 0.15) is 42.4 Å². The number of halogens is 3. The van der Waals surface area contributed by atoms with Crippen molar-refractivity contribution in [1.82, 2.24) is 20.5 Å². The van der Waals surface area contributed by atoms with Crippen LogP contribution in [0.3, 0.4) is 0 Å². The van der Waals surface area contributed by atoms with Gasteiger partial charge in [-0.15, -0.1) is 0 Å². The Balaban J connectivity index is 1.10. The molecule has 6 rings (SSSR count). The molecule has 3 aliphatic rings. The van der Waals surface area contributed by atoms with E-state index in [4.69, 9.17) is 44.3 Å². The number of amides is 3. The Bertz CT molecular complexity index is 1620. The number of hydrogen-bond acceptors (Lipinski definition) is 7. The maximum atomic E-state index is 14.1. The number of nitrogens with one attached hydrogen (secondary N) is 2. The molecule has 2 N–H and O–H groups in total. The van der Waals surface area contributed by atoms with Gasteiger partial charge in [-0.1, -0.05) is 46.9 Å². The summed E-state index contributed by atoms with van der Waals surface area (Å²) in [7, 11) is 0. The zero-order chi connectivity index (χ0) is 33.1. The van der Waals surface area contributed by atoms with E-state index < -0.39 is 6.04 Å². The van der Waals surface area contributed by atoms with E-state index in [9.17, 15) is 14.4 Å². The fourth-order valence-electron chi connectivity index (χ4n) is 5.59. The normalized spacial score (nSPS) is 17.7. The van der Waals surface area contributed by atoms with Gasteiger partial charge in [0.1, 0.15) is 19.3 Å². The molecule has 1 aliphatic heterocycles. The molecule has 1 aromatic heterocycles. The summed E-state index contributed by atoms with van der Waals surface area (Å²) < 4.78 is 11.4. The Labute approximate surface area is 288 Å². The number of ether oxygens (including phenoxy) is 2. The van der Waals surface area contributed by atoms with Gasteiger partial charge in [-0.25, -0.2) is 4.98 Å². The smallest absolute Gasteiger partial charge is 0.247 e. The van der Waals surface area contributed by atoms with E-state index in [1.807, 2.05) is 24.0 Å². The largest absolute Gasteiger partial charge is 0.487 e. The maximum absolute atomic E-state index is 14.1. The number of benzene rings is 2. The Morgan fingerprint density at radius 1 is 1.00 bits per heavy atom. The van der Waals surface area contributed by atoms with E-state index in [1.165, 1.54) is 11.1 Å². The van der Waals surface area contributed by atoms with Gasteiger partial charge in [0.2, 0.25) is 23.6 Å². The number of hydrogen-bond donors (Lipinski definition) is 2. The quantitative estimate of drug-likeness (QED) is 0.232. The zero-order valence-corrected chi connectivity index (χ0v) is 28.2. The molecule has 0 unspecified atom stereocenters. The third-order valence-corrected chi connectivity index (χ3v) is 9.27. The Morgan fingerprint density at radius 3 is 2.43 bits per heavy atom. The van der Waals surface area contributed by atoms with Crippen molar-refractivity contribution >= 4 is 58.2 Å². The number of piperazine rings is 1. The van der Waals surface area contributed by atoms with Crippen molar-refractivity contribution in [3.63, 3.8) is 0 Å². The molecule has 1 atom stereocenters. The zero-order valence-electron chi connectivity index (χ0n) is 25.9. The minimum absolute atomic E-state index is 0.0662. The van der Waals surface area contributed by atoms with Crippen LogP contribution in [-0.4, -0.2) is 66.0 Å². The van der Waals surface area contributed by atoms with Gasteiger partial charge in [0.25, 0.3) is 0 Å². The van der Waals surface area contributed by atoms with Gasteiger partial charge in [-0.2, -0.15) is 0 Å². The number of carbonyl (C=O) groups excluding carboxylic acids is 3. The summed E-state index contributed by atoms with van der Waals surface area (Å²) in [5, 5.41) is 7.47. The molecule has 13 heteroatoms. The van der Waals surface area contributed by atoms with Crippen LogP contribution >= 0.6 is 34.8 Å². The van der Waals surface area contributed by atoms with E-state index in [0.717, 1.165) is 42.4 Å². The van der Waals surface area contributed by atoms with Crippen molar-refractivity contribution in [1.29, 1.82) is 0 Å². The topological polar surface area (TPSA) is 113 Å². The second-order valence-electron chi connectivity index (χ2n) is 12.1. The molecule has 3 fully saturated rings. The van der Waals surface area contributed by atoms with Gasteiger partial charge in [0.05, 0.1) is 28.5 Å². The molecule has 248 valence electrons. The highest BCUT2D eigenvalue weighted by molar-refractivity contribution is 6.37. The van der Waals surface area contributed by atoms with Crippen molar-refractivity contribution in [3.8, 4) is 11.6 Å². The highest BCUT2D eigenvalue weighted by atomic mass is 35.5. The first kappa shape index (κ1) is 33.3. The fourth-order valence-corrected chi connectivity index (χ4v) is 6.47. The van der Waals surface area contributed by atoms with Gasteiger partial charge < -0.3 is 25.0 Å². The van der Waals surface area contributed by atoms with E-state index in [-0.39, 0.29) is 49.4 Å². The summed E-state index contributed by atoms with van der Waals surface area (Å²) in [6, 6.07) is 11.9. The van der Waals surface area contributed by atoms with Gasteiger partial charge in [-0.3, -0.25) is 19.3 Å². The van der Waals surface area contributed by atoms with Crippen LogP contribution in [0, 0.1) is 12.8 Å². The van der Waals surface area contributed by atoms with Crippen molar-refractivity contribution in [2.24, 2.45) is 5.92 Å². The monoisotopic (exact) mass is 699 g/mol. The lowest BCUT2D eigenvalue weighted by atomic mass is 10.1. The standard InChI is InChI=1S/C34H36Cl3N5O5/c1-20-12-27(36)32(28(37)13-20)47-11-10-46-30-9-7-25(16-39-30)42-29(17-38-18-31(42)43)34(45)41(24-5-6-24)19-23-14-21(2-8-26(23)35)15-40-33(44)22-3-4-22/h2,7-9,12-14,16,22,24,29,38H,3-6,10-11,15,17-19H2,1H3,(H,40,44)/t29-/m1/s1. The number of aromatic nitrogens is 1. The Kier molecular flexibility index (Phi) is 10.4. The molecule has 0 bridgehead atoms. The lowest BCUT2D eigenvalue weighted by Gasteiger charge is -2.38. The fraction of sp³-hybridized carbons (Fsp3) is 0.412. The van der Waals surface area contributed by atoms with Crippen molar-refractivity contribution in [2.45, 2.75) is 57.8 Å². The van der Waals surface area contributed by atoms with Gasteiger partial charge in [0, 0.05) is 42.7 Å². The molecule has 2 heterocycles. The molecule has 10 nitrogen and oxygen atoms in total. The SMILES string of the molecule is Cc1cc(Cl)c(OCCOc2ccc(N3C(=O)CNC[C@@H]3C(=O)N(Cc3cc(CNC(=O)C4CC4)ccc3Cl)C3CC3)cn2)c(Cl)c1. The lowest BCUT2D eigenvalue weighted by molar-refractivity contribution is -0.136. The third kappa shape index (κ3) is 8.30. The van der Waals surface area contributed by atoms with Crippen LogP contribution in [-0.2, 0) is 27.5 Å². The molecule has 0 radical (unpaired) electrons. The van der Waals surface area contributed by atoms with Gasteiger partial charge in [0.15, 0.2) is 5.75 Å². The van der Waals surface area contributed by atoms with Crippen LogP contribution in [0.15, 0.2) is 48.7 Å². The lowest BCUT2D eigenvalue weighted by Crippen LogP contribution is -2.61. The van der Waals surface area contributed by atoms with Gasteiger partial charge >= 0.3 is 0 Å². The molecule has 3 amide bonds. The summed E-state index contributed by atoms with van der Waals surface area (Å²) in [4.78, 5) is 47.2. The second-order valence-corrected chi connectivity index (χ2v) is 13.4. The highest BCUT2D eigenvalue weighted by Crippen LogP contribution is 2.35. The molecule has 2 aromatic carbocycles. The van der Waals surface area contributed by atoms with Crippen LogP contribution < -0.4 is 25.0 Å².